The third kappa shape index (κ3) is 72.8. The van der Waals surface area contributed by atoms with Crippen LogP contribution in [0.2, 0.25) is 0 Å². The summed E-state index contributed by atoms with van der Waals surface area (Å²) in [5, 5.41) is 0. The largest absolute Gasteiger partial charge is 0 e. The first-order chi connectivity index (χ1) is 2.00. The van der Waals surface area contributed by atoms with Crippen LogP contribution in [0.4, 0.5) is 0 Å². The summed E-state index contributed by atoms with van der Waals surface area (Å²) in [4.78, 5) is 29.3. The molecule has 4 radical (unpaired) electrons. The van der Waals surface area contributed by atoms with Crippen molar-refractivity contribution in [1.82, 2.24) is 0 Å². The zero-order valence-corrected chi connectivity index (χ0v) is 7.68. The van der Waals surface area contributed by atoms with E-state index in [1.54, 1.807) is 0 Å². The van der Waals surface area contributed by atoms with E-state index in [9.17, 15) is 0 Å². The molecule has 0 aromatic carbocycles. The van der Waals surface area contributed by atoms with Crippen molar-refractivity contribution in [2.45, 2.75) is 0 Å². The minimum atomic E-state index is -4.61. The molecule has 0 saturated heterocycles. The molecule has 4 nitrogen and oxygen atoms in total. The Kier molecular flexibility index (Phi) is 13.9. The standard InChI is InChI=1S/Na.H4O4Si.Pb.H/c;1-5(2,3)4;;/h;1-4H;;. The van der Waals surface area contributed by atoms with Crippen LogP contribution in [0, 0.1) is 0 Å². The van der Waals surface area contributed by atoms with Gasteiger partial charge in [-0.1, -0.05) is 0 Å². The summed E-state index contributed by atoms with van der Waals surface area (Å²) in [5.41, 5.74) is 0. The first kappa shape index (κ1) is 16.0. The second-order valence-electron chi connectivity index (χ2n) is 0.600. The molecule has 0 aliphatic rings. The van der Waals surface area contributed by atoms with Gasteiger partial charge in [-0.15, -0.1) is 0 Å². The van der Waals surface area contributed by atoms with Crippen molar-refractivity contribution in [1.29, 1.82) is 0 Å². The normalized spacial score (nSPS) is 8.57. The molecule has 38 valence electrons. The third-order valence-electron chi connectivity index (χ3n) is 0. The van der Waals surface area contributed by atoms with E-state index in [0.717, 1.165) is 0 Å². The maximum atomic E-state index is 7.33. The van der Waals surface area contributed by atoms with Crippen LogP contribution in [0.3, 0.4) is 0 Å². The quantitative estimate of drug-likeness (QED) is 0.346. The molecule has 7 heavy (non-hydrogen) atoms. The fourth-order valence-corrected chi connectivity index (χ4v) is 0. The molecule has 4 N–H and O–H groups in total. The summed E-state index contributed by atoms with van der Waals surface area (Å²) >= 11 is 0. The predicted molar refractivity (Wildman–Crippen MR) is 27.5 cm³/mol. The molecule has 0 aromatic rings. The number of rotatable bonds is 0. The molecule has 0 bridgehead atoms. The summed E-state index contributed by atoms with van der Waals surface area (Å²) in [6.45, 7) is 0. The maximum Gasteiger partial charge on any atom is 0 e. The van der Waals surface area contributed by atoms with Gasteiger partial charge in [-0.2, -0.15) is 0 Å². The Morgan fingerprint density at radius 1 is 0.857 bits per heavy atom. The number of hydrogen-bond acceptors (Lipinski definition) is 4. The van der Waals surface area contributed by atoms with Gasteiger partial charge in [0.05, 0.1) is 0 Å². The van der Waals surface area contributed by atoms with Crippen molar-refractivity contribution < 1.29 is 19.2 Å². The van der Waals surface area contributed by atoms with Gasteiger partial charge in [0, 0.05) is 27.3 Å². The van der Waals surface area contributed by atoms with Gasteiger partial charge in [0.2, 0.25) is 0 Å². The Hall–Kier alpha value is 1.98. The summed E-state index contributed by atoms with van der Waals surface area (Å²) in [6.07, 6.45) is 0. The fourth-order valence-electron chi connectivity index (χ4n) is 0. The van der Waals surface area contributed by atoms with E-state index in [-0.39, 0.29) is 56.9 Å². The van der Waals surface area contributed by atoms with E-state index in [1.807, 2.05) is 0 Å². The van der Waals surface area contributed by atoms with Gasteiger partial charge in [-0.3, -0.25) is 0 Å². The van der Waals surface area contributed by atoms with Gasteiger partial charge in [0.15, 0.2) is 0 Å². The Labute approximate surface area is 84.1 Å². The molecular formula is H5NaO4PbSi. The third-order valence-corrected chi connectivity index (χ3v) is 0. The fraction of sp³-hybridized carbons (Fsp3) is 0. The van der Waals surface area contributed by atoms with Crippen molar-refractivity contribution in [3.63, 3.8) is 0 Å². The smallest absolute Gasteiger partial charge is 0 e. The summed E-state index contributed by atoms with van der Waals surface area (Å²) < 4.78 is 0. The molecule has 0 aromatic heterocycles. The summed E-state index contributed by atoms with van der Waals surface area (Å²) in [6, 6.07) is 0. The Morgan fingerprint density at radius 3 is 0.857 bits per heavy atom. The second-order valence-corrected chi connectivity index (χ2v) is 1.80. The predicted octanol–water partition coefficient (Wildman–Crippen LogP) is -3.64. The molecule has 0 aliphatic carbocycles. The average molecular weight is 327 g/mol. The first-order valence-electron chi connectivity index (χ1n) is 0.894. The minimum absolute atomic E-state index is 0. The maximum absolute atomic E-state index is 7.33. The number of hydrogen-bond donors (Lipinski definition) is 4. The average Bonchev–Trinajstić information content (AvgIpc) is 0.722. The summed E-state index contributed by atoms with van der Waals surface area (Å²) in [5.74, 6) is 0. The van der Waals surface area contributed by atoms with Gasteiger partial charge in [-0.25, -0.2) is 0 Å². The van der Waals surface area contributed by atoms with Crippen LogP contribution in [0.25, 0.3) is 0 Å². The zero-order chi connectivity index (χ0) is 4.50. The van der Waals surface area contributed by atoms with Crippen molar-refractivity contribution in [3.8, 4) is 0 Å². The van der Waals surface area contributed by atoms with Crippen LogP contribution in [-0.2, 0) is 0 Å². The molecule has 7 heteroatoms. The molecule has 0 unspecified atom stereocenters. The molecular weight excluding hydrogens is 322 g/mol. The van der Waals surface area contributed by atoms with Crippen LogP contribution in [-0.4, -0.2) is 85.1 Å². The van der Waals surface area contributed by atoms with Crippen LogP contribution in [0.15, 0.2) is 0 Å². The van der Waals surface area contributed by atoms with Gasteiger partial charge in [-0.05, 0) is 0 Å². The van der Waals surface area contributed by atoms with Crippen molar-refractivity contribution in [3.05, 3.63) is 0 Å². The van der Waals surface area contributed by atoms with Crippen LogP contribution in [0.1, 0.15) is 0 Å². The monoisotopic (exact) mass is 328 g/mol. The molecule has 0 saturated carbocycles. The molecule has 0 atom stereocenters. The topological polar surface area (TPSA) is 80.9 Å². The van der Waals surface area contributed by atoms with E-state index in [2.05, 4.69) is 0 Å². The van der Waals surface area contributed by atoms with E-state index in [1.165, 1.54) is 0 Å². The van der Waals surface area contributed by atoms with Crippen LogP contribution in [0.5, 0.6) is 0 Å². The van der Waals surface area contributed by atoms with E-state index in [0.29, 0.717) is 0 Å². The zero-order valence-electron chi connectivity index (χ0n) is 2.79. The van der Waals surface area contributed by atoms with Gasteiger partial charge in [0.1, 0.15) is 0 Å². The van der Waals surface area contributed by atoms with E-state index < -0.39 is 9.05 Å². The van der Waals surface area contributed by atoms with Gasteiger partial charge < -0.3 is 19.2 Å². The molecule has 0 heterocycles. The second kappa shape index (κ2) is 6.10. The van der Waals surface area contributed by atoms with Gasteiger partial charge in [0.25, 0.3) is 0 Å². The van der Waals surface area contributed by atoms with Crippen molar-refractivity contribution in [2.75, 3.05) is 0 Å². The van der Waals surface area contributed by atoms with E-state index in [4.69, 9.17) is 19.2 Å². The van der Waals surface area contributed by atoms with Crippen LogP contribution >= 0.6 is 0 Å². The van der Waals surface area contributed by atoms with Crippen molar-refractivity contribution in [2.24, 2.45) is 0 Å². The molecule has 0 aliphatic heterocycles. The Bertz CT molecular complexity index is 27.2. The SMILES string of the molecule is O[Si](O)(O)O.[NaH].[Pb]. The van der Waals surface area contributed by atoms with Crippen LogP contribution < -0.4 is 0 Å². The molecule has 0 rings (SSSR count). The van der Waals surface area contributed by atoms with Crippen molar-refractivity contribution >= 4 is 65.9 Å². The molecule has 0 spiro atoms. The Balaban J connectivity index is -0.0000000800. The molecule has 0 amide bonds. The molecule has 0 fully saturated rings. The first-order valence-corrected chi connectivity index (χ1v) is 2.68. The Morgan fingerprint density at radius 2 is 0.857 bits per heavy atom. The summed E-state index contributed by atoms with van der Waals surface area (Å²) in [7, 11) is -4.61. The van der Waals surface area contributed by atoms with E-state index >= 15 is 0 Å². The minimum Gasteiger partial charge on any atom is 0 e. The van der Waals surface area contributed by atoms with Gasteiger partial charge >= 0.3 is 38.6 Å².